The molecule has 0 bridgehead atoms. The van der Waals surface area contributed by atoms with Gasteiger partial charge in [0, 0.05) is 5.92 Å². The van der Waals surface area contributed by atoms with Crippen LogP contribution in [0, 0.1) is 12.8 Å². The normalized spacial score (nSPS) is 30.0. The van der Waals surface area contributed by atoms with Gasteiger partial charge in [-0.05, 0) is 37.5 Å². The van der Waals surface area contributed by atoms with E-state index < -0.39 is 0 Å². The van der Waals surface area contributed by atoms with Gasteiger partial charge < -0.3 is 4.90 Å². The lowest BCUT2D eigenvalue weighted by Crippen LogP contribution is -3.18. The van der Waals surface area contributed by atoms with Crippen molar-refractivity contribution >= 4 is 17.5 Å². The van der Waals surface area contributed by atoms with Crippen LogP contribution >= 0.6 is 0 Å². The van der Waals surface area contributed by atoms with E-state index in [1.165, 1.54) is 16.2 Å². The molecule has 21 heavy (non-hydrogen) atoms. The summed E-state index contributed by atoms with van der Waals surface area (Å²) in [5.74, 6) is 0.570. The molecule has 4 nitrogen and oxygen atoms in total. The molecule has 1 aromatic carbocycles. The fourth-order valence-electron chi connectivity index (χ4n) is 3.63. The SMILES string of the molecule is Cc1cccc(N2C(=O)C[C@H]([NH+]3CCC[C@H](C)C3)C2=O)c1. The largest absolute Gasteiger partial charge is 0.324 e. The van der Waals surface area contributed by atoms with Gasteiger partial charge in [0.05, 0.1) is 25.2 Å². The van der Waals surface area contributed by atoms with E-state index in [1.54, 1.807) is 0 Å². The number of anilines is 1. The molecular formula is C17H23N2O2+. The number of nitrogens with zero attached hydrogens (tertiary/aromatic N) is 1. The molecule has 1 N–H and O–H groups in total. The molecule has 0 saturated carbocycles. The van der Waals surface area contributed by atoms with E-state index in [0.717, 1.165) is 30.8 Å². The average molecular weight is 287 g/mol. The summed E-state index contributed by atoms with van der Waals surface area (Å²) in [6.45, 7) is 6.23. The molecule has 4 heteroatoms. The average Bonchev–Trinajstić information content (AvgIpc) is 2.74. The first-order chi connectivity index (χ1) is 10.1. The quantitative estimate of drug-likeness (QED) is 0.823. The number of aryl methyl sites for hydroxylation is 1. The van der Waals surface area contributed by atoms with Crippen molar-refractivity contribution in [1.82, 2.24) is 0 Å². The van der Waals surface area contributed by atoms with Crippen molar-refractivity contribution in [3.63, 3.8) is 0 Å². The third kappa shape index (κ3) is 2.72. The molecule has 112 valence electrons. The van der Waals surface area contributed by atoms with E-state index in [1.807, 2.05) is 31.2 Å². The van der Waals surface area contributed by atoms with Crippen LogP contribution < -0.4 is 9.80 Å². The van der Waals surface area contributed by atoms with Gasteiger partial charge in [-0.2, -0.15) is 0 Å². The van der Waals surface area contributed by atoms with Crippen molar-refractivity contribution in [2.45, 2.75) is 39.2 Å². The second-order valence-corrected chi connectivity index (χ2v) is 6.52. The number of carbonyl (C=O) groups is 2. The standard InChI is InChI=1S/C17H22N2O2/c1-12-5-3-7-14(9-12)19-16(20)10-15(17(19)21)18-8-4-6-13(2)11-18/h3,5,7,9,13,15H,4,6,8,10-11H2,1-2H3/p+1/t13-,15-/m0/s1. The lowest BCUT2D eigenvalue weighted by Gasteiger charge is -2.31. The molecule has 1 unspecified atom stereocenters. The van der Waals surface area contributed by atoms with Crippen LogP contribution in [-0.2, 0) is 9.59 Å². The number of imide groups is 1. The molecule has 2 saturated heterocycles. The number of amides is 2. The smallest absolute Gasteiger partial charge is 0.292 e. The van der Waals surface area contributed by atoms with E-state index in [-0.39, 0.29) is 17.9 Å². The Morgan fingerprint density at radius 2 is 2.10 bits per heavy atom. The summed E-state index contributed by atoms with van der Waals surface area (Å²) in [5, 5.41) is 0. The van der Waals surface area contributed by atoms with E-state index in [0.29, 0.717) is 12.3 Å². The number of quaternary nitrogens is 1. The summed E-state index contributed by atoms with van der Waals surface area (Å²) >= 11 is 0. The van der Waals surface area contributed by atoms with Crippen molar-refractivity contribution in [2.75, 3.05) is 18.0 Å². The lowest BCUT2D eigenvalue weighted by molar-refractivity contribution is -0.923. The molecule has 2 aliphatic rings. The minimum absolute atomic E-state index is 0.0188. The summed E-state index contributed by atoms with van der Waals surface area (Å²) in [7, 11) is 0. The first-order valence-corrected chi connectivity index (χ1v) is 7.84. The number of carbonyl (C=O) groups excluding carboxylic acids is 2. The third-order valence-corrected chi connectivity index (χ3v) is 4.70. The fourth-order valence-corrected chi connectivity index (χ4v) is 3.63. The summed E-state index contributed by atoms with van der Waals surface area (Å²) < 4.78 is 0. The van der Waals surface area contributed by atoms with Crippen LogP contribution in [0.25, 0.3) is 0 Å². The van der Waals surface area contributed by atoms with Gasteiger partial charge in [-0.25, -0.2) is 4.90 Å². The van der Waals surface area contributed by atoms with Gasteiger partial charge >= 0.3 is 0 Å². The molecule has 0 aliphatic carbocycles. The van der Waals surface area contributed by atoms with Gasteiger partial charge in [-0.3, -0.25) is 9.59 Å². The highest BCUT2D eigenvalue weighted by Gasteiger charge is 2.46. The topological polar surface area (TPSA) is 41.8 Å². The molecule has 2 amide bonds. The molecule has 0 spiro atoms. The summed E-state index contributed by atoms with van der Waals surface area (Å²) in [5.41, 5.74) is 1.78. The van der Waals surface area contributed by atoms with Crippen LogP contribution in [0.3, 0.4) is 0 Å². The number of likely N-dealkylation sites (tertiary alicyclic amines) is 1. The molecule has 2 aliphatic heterocycles. The number of hydrogen-bond acceptors (Lipinski definition) is 2. The van der Waals surface area contributed by atoms with E-state index in [9.17, 15) is 9.59 Å². The second kappa shape index (κ2) is 5.60. The highest BCUT2D eigenvalue weighted by Crippen LogP contribution is 2.23. The number of piperidine rings is 1. The molecule has 2 fully saturated rings. The highest BCUT2D eigenvalue weighted by molar-refractivity contribution is 6.21. The Hall–Kier alpha value is -1.68. The first-order valence-electron chi connectivity index (χ1n) is 7.84. The van der Waals surface area contributed by atoms with Crippen molar-refractivity contribution < 1.29 is 14.5 Å². The van der Waals surface area contributed by atoms with E-state index in [2.05, 4.69) is 6.92 Å². The van der Waals surface area contributed by atoms with Crippen LogP contribution in [0.1, 0.15) is 31.7 Å². The Morgan fingerprint density at radius 3 is 2.81 bits per heavy atom. The zero-order chi connectivity index (χ0) is 15.0. The summed E-state index contributed by atoms with van der Waals surface area (Å²) in [6.07, 6.45) is 2.74. The number of rotatable bonds is 2. The molecule has 3 atom stereocenters. The van der Waals surface area contributed by atoms with E-state index >= 15 is 0 Å². The number of benzene rings is 1. The van der Waals surface area contributed by atoms with Gasteiger partial charge in [0.15, 0.2) is 6.04 Å². The fraction of sp³-hybridized carbons (Fsp3) is 0.529. The monoisotopic (exact) mass is 287 g/mol. The molecular weight excluding hydrogens is 264 g/mol. The summed E-state index contributed by atoms with van der Waals surface area (Å²) in [6, 6.07) is 7.45. The molecule has 0 radical (unpaired) electrons. The van der Waals surface area contributed by atoms with Gasteiger partial charge in [0.1, 0.15) is 0 Å². The Labute approximate surface area is 125 Å². The first kappa shape index (κ1) is 14.3. The lowest BCUT2D eigenvalue weighted by atomic mass is 9.98. The maximum atomic E-state index is 12.7. The molecule has 1 aromatic rings. The third-order valence-electron chi connectivity index (χ3n) is 4.70. The predicted molar refractivity (Wildman–Crippen MR) is 81.2 cm³/mol. The highest BCUT2D eigenvalue weighted by atomic mass is 16.2. The minimum atomic E-state index is -0.180. The van der Waals surface area contributed by atoms with Crippen LogP contribution in [0.2, 0.25) is 0 Å². The maximum Gasteiger partial charge on any atom is 0.292 e. The Balaban J connectivity index is 1.82. The second-order valence-electron chi connectivity index (χ2n) is 6.52. The van der Waals surface area contributed by atoms with Crippen molar-refractivity contribution in [3.8, 4) is 0 Å². The van der Waals surface area contributed by atoms with Crippen molar-refractivity contribution in [1.29, 1.82) is 0 Å². The van der Waals surface area contributed by atoms with Gasteiger partial charge in [-0.1, -0.05) is 19.1 Å². The molecule has 0 aromatic heterocycles. The molecule has 2 heterocycles. The van der Waals surface area contributed by atoms with Crippen LogP contribution in [0.5, 0.6) is 0 Å². The van der Waals surface area contributed by atoms with Gasteiger partial charge in [0.25, 0.3) is 5.91 Å². The van der Waals surface area contributed by atoms with Crippen LogP contribution in [0.15, 0.2) is 24.3 Å². The minimum Gasteiger partial charge on any atom is -0.324 e. The Bertz CT molecular complexity index is 570. The van der Waals surface area contributed by atoms with Crippen LogP contribution in [0.4, 0.5) is 5.69 Å². The zero-order valence-corrected chi connectivity index (χ0v) is 12.8. The molecule has 3 rings (SSSR count). The number of nitrogens with one attached hydrogen (secondary N) is 1. The summed E-state index contributed by atoms with van der Waals surface area (Å²) in [4.78, 5) is 27.7. The van der Waals surface area contributed by atoms with Gasteiger partial charge in [-0.15, -0.1) is 0 Å². The Morgan fingerprint density at radius 1 is 1.29 bits per heavy atom. The van der Waals surface area contributed by atoms with Crippen molar-refractivity contribution in [3.05, 3.63) is 29.8 Å². The van der Waals surface area contributed by atoms with Gasteiger partial charge in [0.2, 0.25) is 5.91 Å². The van der Waals surface area contributed by atoms with E-state index in [4.69, 9.17) is 0 Å². The maximum absolute atomic E-state index is 12.7. The Kier molecular flexibility index (Phi) is 3.81. The predicted octanol–water partition coefficient (Wildman–Crippen LogP) is 0.942. The zero-order valence-electron chi connectivity index (χ0n) is 12.8. The van der Waals surface area contributed by atoms with Crippen molar-refractivity contribution in [2.24, 2.45) is 5.92 Å². The number of hydrogen-bond donors (Lipinski definition) is 1. The van der Waals surface area contributed by atoms with Crippen LogP contribution in [-0.4, -0.2) is 30.9 Å².